The van der Waals surface area contributed by atoms with E-state index in [0.717, 1.165) is 0 Å². The fourth-order valence-electron chi connectivity index (χ4n) is 0.726. The lowest BCUT2D eigenvalue weighted by molar-refractivity contribution is -0.166. The maximum atomic E-state index is 11.2. The summed E-state index contributed by atoms with van der Waals surface area (Å²) in [4.78, 5) is 22.1. The highest BCUT2D eigenvalue weighted by atomic mass is 16.6. The second kappa shape index (κ2) is 6.18. The Labute approximate surface area is 83.9 Å². The Morgan fingerprint density at radius 3 is 2.14 bits per heavy atom. The second-order valence-corrected chi connectivity index (χ2v) is 3.06. The zero-order valence-corrected chi connectivity index (χ0v) is 8.94. The first-order chi connectivity index (χ1) is 6.47. The van der Waals surface area contributed by atoms with Crippen LogP contribution in [-0.2, 0) is 19.1 Å². The third kappa shape index (κ3) is 5.35. The van der Waals surface area contributed by atoms with E-state index >= 15 is 0 Å². The van der Waals surface area contributed by atoms with Gasteiger partial charge in [0, 0.05) is 6.08 Å². The van der Waals surface area contributed by atoms with Crippen molar-refractivity contribution >= 4 is 11.9 Å². The number of allylic oxidation sites excluding steroid dienone is 1. The minimum absolute atomic E-state index is 0.203. The molecule has 4 heteroatoms. The Morgan fingerprint density at radius 1 is 1.14 bits per heavy atom. The summed E-state index contributed by atoms with van der Waals surface area (Å²) in [6.45, 7) is 6.64. The summed E-state index contributed by atoms with van der Waals surface area (Å²) in [6.07, 6.45) is 1.73. The molecule has 0 N–H and O–H groups in total. The molecule has 0 heterocycles. The molecule has 0 fully saturated rings. The lowest BCUT2D eigenvalue weighted by atomic mass is 10.4. The standard InChI is InChI=1S/C10H16O4/c1-5-6-9(11)14-8(4)10(12)13-7(2)3/h5-8H,1-4H3/b6-5-. The van der Waals surface area contributed by atoms with Crippen molar-refractivity contribution < 1.29 is 19.1 Å². The van der Waals surface area contributed by atoms with Crippen molar-refractivity contribution in [1.29, 1.82) is 0 Å². The van der Waals surface area contributed by atoms with E-state index in [0.29, 0.717) is 0 Å². The van der Waals surface area contributed by atoms with Gasteiger partial charge in [-0.3, -0.25) is 0 Å². The lowest BCUT2D eigenvalue weighted by Gasteiger charge is -2.13. The fourth-order valence-corrected chi connectivity index (χ4v) is 0.726. The van der Waals surface area contributed by atoms with Crippen LogP contribution in [0, 0.1) is 0 Å². The molecule has 0 bridgehead atoms. The number of hydrogen-bond acceptors (Lipinski definition) is 4. The minimum atomic E-state index is -0.860. The first-order valence-electron chi connectivity index (χ1n) is 4.51. The predicted octanol–water partition coefficient (Wildman–Crippen LogP) is 1.45. The molecule has 0 saturated heterocycles. The highest BCUT2D eigenvalue weighted by molar-refractivity contribution is 5.85. The van der Waals surface area contributed by atoms with Gasteiger partial charge < -0.3 is 9.47 Å². The second-order valence-electron chi connectivity index (χ2n) is 3.06. The van der Waals surface area contributed by atoms with Crippen LogP contribution < -0.4 is 0 Å². The van der Waals surface area contributed by atoms with Crippen LogP contribution in [0.15, 0.2) is 12.2 Å². The van der Waals surface area contributed by atoms with Crippen LogP contribution in [0.5, 0.6) is 0 Å². The molecule has 0 radical (unpaired) electrons. The third-order valence-corrected chi connectivity index (χ3v) is 1.28. The molecule has 0 aliphatic carbocycles. The van der Waals surface area contributed by atoms with Crippen molar-refractivity contribution in [2.75, 3.05) is 0 Å². The van der Waals surface area contributed by atoms with E-state index in [4.69, 9.17) is 9.47 Å². The number of carbonyl (C=O) groups excluding carboxylic acids is 2. The average Bonchev–Trinajstić information content (AvgIpc) is 2.02. The van der Waals surface area contributed by atoms with Crippen LogP contribution in [0.2, 0.25) is 0 Å². The normalized spacial score (nSPS) is 12.9. The molecule has 0 aliphatic heterocycles. The van der Waals surface area contributed by atoms with E-state index in [1.54, 1.807) is 26.8 Å². The van der Waals surface area contributed by atoms with Gasteiger partial charge >= 0.3 is 11.9 Å². The van der Waals surface area contributed by atoms with E-state index in [1.165, 1.54) is 13.0 Å². The van der Waals surface area contributed by atoms with Gasteiger partial charge in [0.05, 0.1) is 6.10 Å². The Bertz CT molecular complexity index is 230. The molecule has 0 aromatic heterocycles. The summed E-state index contributed by atoms with van der Waals surface area (Å²) in [7, 11) is 0. The van der Waals surface area contributed by atoms with Crippen molar-refractivity contribution in [1.82, 2.24) is 0 Å². The van der Waals surface area contributed by atoms with Gasteiger partial charge in [0.25, 0.3) is 0 Å². The van der Waals surface area contributed by atoms with Gasteiger partial charge in [-0.15, -0.1) is 0 Å². The Balaban J connectivity index is 4.01. The average molecular weight is 200 g/mol. The number of carbonyl (C=O) groups is 2. The van der Waals surface area contributed by atoms with Crippen molar-refractivity contribution in [3.8, 4) is 0 Å². The summed E-state index contributed by atoms with van der Waals surface area (Å²) >= 11 is 0. The van der Waals surface area contributed by atoms with Crippen molar-refractivity contribution in [2.24, 2.45) is 0 Å². The molecule has 80 valence electrons. The first kappa shape index (κ1) is 12.7. The van der Waals surface area contributed by atoms with E-state index in [1.807, 2.05) is 0 Å². The Hall–Kier alpha value is -1.32. The highest BCUT2D eigenvalue weighted by Gasteiger charge is 2.18. The Kier molecular flexibility index (Phi) is 5.60. The maximum absolute atomic E-state index is 11.2. The van der Waals surface area contributed by atoms with Gasteiger partial charge in [-0.05, 0) is 27.7 Å². The fraction of sp³-hybridized carbons (Fsp3) is 0.600. The zero-order valence-electron chi connectivity index (χ0n) is 8.94. The third-order valence-electron chi connectivity index (χ3n) is 1.28. The largest absolute Gasteiger partial charge is 0.460 e. The number of ether oxygens (including phenoxy) is 2. The van der Waals surface area contributed by atoms with Crippen molar-refractivity contribution in [3.05, 3.63) is 12.2 Å². The molecule has 0 rings (SSSR count). The van der Waals surface area contributed by atoms with E-state index in [9.17, 15) is 9.59 Å². The van der Waals surface area contributed by atoms with E-state index in [-0.39, 0.29) is 6.10 Å². The molecule has 14 heavy (non-hydrogen) atoms. The predicted molar refractivity (Wildman–Crippen MR) is 51.6 cm³/mol. The van der Waals surface area contributed by atoms with Crippen LogP contribution in [0.3, 0.4) is 0 Å². The lowest BCUT2D eigenvalue weighted by Crippen LogP contribution is -2.27. The SMILES string of the molecule is C/C=C\C(=O)OC(C)C(=O)OC(C)C. The van der Waals surface area contributed by atoms with Gasteiger partial charge in [-0.1, -0.05) is 6.08 Å². The van der Waals surface area contributed by atoms with Crippen LogP contribution in [-0.4, -0.2) is 24.1 Å². The molecular formula is C10H16O4. The minimum Gasteiger partial charge on any atom is -0.460 e. The monoisotopic (exact) mass is 200 g/mol. The van der Waals surface area contributed by atoms with Crippen LogP contribution in [0.1, 0.15) is 27.7 Å². The number of esters is 2. The summed E-state index contributed by atoms with van der Waals surface area (Å²) in [5.41, 5.74) is 0. The van der Waals surface area contributed by atoms with Crippen LogP contribution >= 0.6 is 0 Å². The molecule has 1 unspecified atom stereocenters. The number of hydrogen-bond donors (Lipinski definition) is 0. The molecule has 0 saturated carbocycles. The van der Waals surface area contributed by atoms with Gasteiger partial charge in [0.2, 0.25) is 0 Å². The van der Waals surface area contributed by atoms with Gasteiger partial charge in [-0.25, -0.2) is 9.59 Å². The smallest absolute Gasteiger partial charge is 0.347 e. The summed E-state index contributed by atoms with van der Waals surface area (Å²) in [5.74, 6) is -1.07. The summed E-state index contributed by atoms with van der Waals surface area (Å²) < 4.78 is 9.60. The quantitative estimate of drug-likeness (QED) is 0.509. The molecule has 0 amide bonds. The molecule has 0 aromatic carbocycles. The molecular weight excluding hydrogens is 184 g/mol. The van der Waals surface area contributed by atoms with E-state index < -0.39 is 18.0 Å². The first-order valence-corrected chi connectivity index (χ1v) is 4.51. The molecule has 0 aromatic rings. The Morgan fingerprint density at radius 2 is 1.71 bits per heavy atom. The van der Waals surface area contributed by atoms with Gasteiger partial charge in [0.1, 0.15) is 0 Å². The molecule has 4 nitrogen and oxygen atoms in total. The number of rotatable bonds is 4. The molecule has 0 spiro atoms. The van der Waals surface area contributed by atoms with Crippen LogP contribution in [0.25, 0.3) is 0 Å². The zero-order chi connectivity index (χ0) is 11.1. The summed E-state index contributed by atoms with van der Waals surface area (Å²) in [6, 6.07) is 0. The van der Waals surface area contributed by atoms with Gasteiger partial charge in [0.15, 0.2) is 6.10 Å². The van der Waals surface area contributed by atoms with Crippen LogP contribution in [0.4, 0.5) is 0 Å². The van der Waals surface area contributed by atoms with Gasteiger partial charge in [-0.2, -0.15) is 0 Å². The van der Waals surface area contributed by atoms with Crippen molar-refractivity contribution in [2.45, 2.75) is 39.9 Å². The van der Waals surface area contributed by atoms with Crippen molar-refractivity contribution in [3.63, 3.8) is 0 Å². The molecule has 0 aliphatic rings. The highest BCUT2D eigenvalue weighted by Crippen LogP contribution is 1.99. The maximum Gasteiger partial charge on any atom is 0.347 e. The molecule has 1 atom stereocenters. The summed E-state index contributed by atoms with van der Waals surface area (Å²) in [5, 5.41) is 0. The van der Waals surface area contributed by atoms with E-state index in [2.05, 4.69) is 0 Å². The topological polar surface area (TPSA) is 52.6 Å².